The lowest BCUT2D eigenvalue weighted by Gasteiger charge is -2.12. The molecule has 96 valence electrons. The molecule has 2 rings (SSSR count). The number of ether oxygens (including phenoxy) is 1. The van der Waals surface area contributed by atoms with Gasteiger partial charge in [-0.05, 0) is 19.9 Å². The Bertz CT molecular complexity index is 507. The van der Waals surface area contributed by atoms with E-state index in [4.69, 9.17) is 9.15 Å². The van der Waals surface area contributed by atoms with E-state index in [1.807, 2.05) is 26.1 Å². The van der Waals surface area contributed by atoms with E-state index in [1.165, 1.54) is 0 Å². The maximum absolute atomic E-state index is 5.39. The quantitative estimate of drug-likeness (QED) is 0.881. The first-order chi connectivity index (χ1) is 8.72. The molecule has 0 saturated carbocycles. The van der Waals surface area contributed by atoms with Gasteiger partial charge in [0, 0.05) is 36.0 Å². The molecule has 2 heterocycles. The van der Waals surface area contributed by atoms with Crippen molar-refractivity contribution in [3.05, 3.63) is 47.2 Å². The number of methoxy groups -OCH3 is 1. The van der Waals surface area contributed by atoms with Gasteiger partial charge in [-0.3, -0.25) is 4.98 Å². The summed E-state index contributed by atoms with van der Waals surface area (Å²) in [7, 11) is 1.69. The Hall–Kier alpha value is -1.81. The predicted octanol–water partition coefficient (Wildman–Crippen LogP) is 2.59. The number of rotatable bonds is 5. The minimum atomic E-state index is 0.716. The van der Waals surface area contributed by atoms with Gasteiger partial charge in [-0.1, -0.05) is 0 Å². The van der Waals surface area contributed by atoms with Gasteiger partial charge in [0.25, 0.3) is 0 Å². The number of hydrogen-bond donors (Lipinski definition) is 1. The summed E-state index contributed by atoms with van der Waals surface area (Å²) in [5.41, 5.74) is 4.30. The minimum Gasteiger partial charge on any atom is -0.496 e. The summed E-state index contributed by atoms with van der Waals surface area (Å²) in [6.07, 6.45) is 5.26. The molecule has 0 bridgehead atoms. The lowest BCUT2D eigenvalue weighted by molar-refractivity contribution is 0.406. The van der Waals surface area contributed by atoms with Gasteiger partial charge in [0.15, 0.2) is 0 Å². The maximum Gasteiger partial charge on any atom is 0.128 e. The van der Waals surface area contributed by atoms with Crippen molar-refractivity contribution < 1.29 is 9.15 Å². The molecule has 2 aromatic heterocycles. The zero-order valence-corrected chi connectivity index (χ0v) is 11.0. The highest BCUT2D eigenvalue weighted by atomic mass is 16.5. The fourth-order valence-electron chi connectivity index (χ4n) is 1.97. The average Bonchev–Trinajstić information content (AvgIpc) is 2.86. The Morgan fingerprint density at radius 3 is 2.83 bits per heavy atom. The van der Waals surface area contributed by atoms with Gasteiger partial charge in [-0.2, -0.15) is 0 Å². The Morgan fingerprint density at radius 2 is 2.17 bits per heavy atom. The van der Waals surface area contributed by atoms with Crippen LogP contribution >= 0.6 is 0 Å². The standard InChI is InChI=1S/C14H18N2O2/c1-10-6-16-13(11(2)14(10)17-3)8-15-7-12-4-5-18-9-12/h4-6,9,15H,7-8H2,1-3H3. The zero-order chi connectivity index (χ0) is 13.0. The van der Waals surface area contributed by atoms with Crippen molar-refractivity contribution in [2.75, 3.05) is 7.11 Å². The van der Waals surface area contributed by atoms with Crippen LogP contribution in [-0.4, -0.2) is 12.1 Å². The second-order valence-corrected chi connectivity index (χ2v) is 4.28. The van der Waals surface area contributed by atoms with Crippen molar-refractivity contribution in [2.45, 2.75) is 26.9 Å². The summed E-state index contributed by atoms with van der Waals surface area (Å²) >= 11 is 0. The van der Waals surface area contributed by atoms with Gasteiger partial charge in [0.05, 0.1) is 25.3 Å². The lowest BCUT2D eigenvalue weighted by atomic mass is 10.1. The third kappa shape index (κ3) is 2.71. The molecule has 4 nitrogen and oxygen atoms in total. The maximum atomic E-state index is 5.39. The van der Waals surface area contributed by atoms with E-state index < -0.39 is 0 Å². The second kappa shape index (κ2) is 5.69. The Balaban J connectivity index is 2.01. The Morgan fingerprint density at radius 1 is 1.33 bits per heavy atom. The first-order valence-corrected chi connectivity index (χ1v) is 5.93. The number of pyridine rings is 1. The van der Waals surface area contributed by atoms with Crippen LogP contribution in [0.1, 0.15) is 22.4 Å². The van der Waals surface area contributed by atoms with Crippen molar-refractivity contribution in [3.63, 3.8) is 0 Å². The number of nitrogens with one attached hydrogen (secondary N) is 1. The summed E-state index contributed by atoms with van der Waals surface area (Å²) in [5, 5.41) is 3.34. The van der Waals surface area contributed by atoms with Gasteiger partial charge in [0.2, 0.25) is 0 Å². The van der Waals surface area contributed by atoms with Crippen molar-refractivity contribution in [1.82, 2.24) is 10.3 Å². The molecule has 0 radical (unpaired) electrons. The van der Waals surface area contributed by atoms with E-state index in [0.29, 0.717) is 6.54 Å². The minimum absolute atomic E-state index is 0.716. The molecule has 0 aromatic carbocycles. The van der Waals surface area contributed by atoms with Crippen LogP contribution < -0.4 is 10.1 Å². The van der Waals surface area contributed by atoms with Gasteiger partial charge in [-0.25, -0.2) is 0 Å². The Labute approximate surface area is 107 Å². The topological polar surface area (TPSA) is 47.3 Å². The molecule has 0 spiro atoms. The number of furan rings is 1. The molecule has 0 saturated heterocycles. The van der Waals surface area contributed by atoms with Gasteiger partial charge < -0.3 is 14.5 Å². The van der Waals surface area contributed by atoms with Crippen molar-refractivity contribution in [2.24, 2.45) is 0 Å². The molecule has 0 aliphatic rings. The largest absolute Gasteiger partial charge is 0.496 e. The van der Waals surface area contributed by atoms with Crippen LogP contribution in [0.15, 0.2) is 29.2 Å². The van der Waals surface area contributed by atoms with Crippen molar-refractivity contribution in [3.8, 4) is 5.75 Å². The summed E-state index contributed by atoms with van der Waals surface area (Å²) in [4.78, 5) is 4.44. The van der Waals surface area contributed by atoms with Gasteiger partial charge >= 0.3 is 0 Å². The molecule has 0 unspecified atom stereocenters. The number of aryl methyl sites for hydroxylation is 1. The monoisotopic (exact) mass is 246 g/mol. The van der Waals surface area contributed by atoms with Gasteiger partial charge in [-0.15, -0.1) is 0 Å². The molecule has 0 atom stereocenters. The molecular weight excluding hydrogens is 228 g/mol. The van der Waals surface area contributed by atoms with Crippen LogP contribution in [-0.2, 0) is 13.1 Å². The van der Waals surface area contributed by atoms with Crippen LogP contribution in [0.5, 0.6) is 5.75 Å². The van der Waals surface area contributed by atoms with Gasteiger partial charge in [0.1, 0.15) is 5.75 Å². The summed E-state index contributed by atoms with van der Waals surface area (Å²) in [6.45, 7) is 5.52. The fourth-order valence-corrected chi connectivity index (χ4v) is 1.97. The number of hydrogen-bond acceptors (Lipinski definition) is 4. The molecule has 18 heavy (non-hydrogen) atoms. The lowest BCUT2D eigenvalue weighted by Crippen LogP contribution is -2.14. The summed E-state index contributed by atoms with van der Waals surface area (Å²) in [6, 6.07) is 1.95. The number of aromatic nitrogens is 1. The van der Waals surface area contributed by atoms with E-state index in [9.17, 15) is 0 Å². The zero-order valence-electron chi connectivity index (χ0n) is 11.0. The van der Waals surface area contributed by atoms with E-state index in [1.54, 1.807) is 19.6 Å². The molecule has 1 N–H and O–H groups in total. The molecular formula is C14H18N2O2. The third-order valence-corrected chi connectivity index (χ3v) is 2.95. The molecule has 4 heteroatoms. The first kappa shape index (κ1) is 12.6. The van der Waals surface area contributed by atoms with Crippen LogP contribution in [0.4, 0.5) is 0 Å². The second-order valence-electron chi connectivity index (χ2n) is 4.28. The smallest absolute Gasteiger partial charge is 0.128 e. The SMILES string of the molecule is COc1c(C)cnc(CNCc2ccoc2)c1C. The van der Waals surface area contributed by atoms with E-state index in [0.717, 1.165) is 34.7 Å². The van der Waals surface area contributed by atoms with Crippen LogP contribution in [0.25, 0.3) is 0 Å². The summed E-state index contributed by atoms with van der Waals surface area (Å²) < 4.78 is 10.4. The van der Waals surface area contributed by atoms with Crippen LogP contribution in [0, 0.1) is 13.8 Å². The molecule has 0 aliphatic carbocycles. The molecule has 0 fully saturated rings. The number of nitrogens with zero attached hydrogens (tertiary/aromatic N) is 1. The predicted molar refractivity (Wildman–Crippen MR) is 69.5 cm³/mol. The third-order valence-electron chi connectivity index (χ3n) is 2.95. The highest BCUT2D eigenvalue weighted by molar-refractivity contribution is 5.40. The molecule has 0 aliphatic heterocycles. The fraction of sp³-hybridized carbons (Fsp3) is 0.357. The highest BCUT2D eigenvalue weighted by Gasteiger charge is 2.08. The van der Waals surface area contributed by atoms with E-state index >= 15 is 0 Å². The highest BCUT2D eigenvalue weighted by Crippen LogP contribution is 2.23. The summed E-state index contributed by atoms with van der Waals surface area (Å²) in [5.74, 6) is 0.921. The first-order valence-electron chi connectivity index (χ1n) is 5.93. The van der Waals surface area contributed by atoms with E-state index in [2.05, 4.69) is 10.3 Å². The average molecular weight is 246 g/mol. The van der Waals surface area contributed by atoms with Crippen LogP contribution in [0.2, 0.25) is 0 Å². The molecule has 2 aromatic rings. The van der Waals surface area contributed by atoms with Crippen molar-refractivity contribution in [1.29, 1.82) is 0 Å². The van der Waals surface area contributed by atoms with Crippen LogP contribution in [0.3, 0.4) is 0 Å². The Kier molecular flexibility index (Phi) is 3.99. The molecule has 0 amide bonds. The van der Waals surface area contributed by atoms with Crippen molar-refractivity contribution >= 4 is 0 Å². The van der Waals surface area contributed by atoms with E-state index in [-0.39, 0.29) is 0 Å². The normalized spacial score (nSPS) is 10.6.